The molecular weight excluding hydrogens is 288 g/mol. The van der Waals surface area contributed by atoms with E-state index in [1.54, 1.807) is 7.11 Å². The molecule has 3 N–H and O–H groups in total. The summed E-state index contributed by atoms with van der Waals surface area (Å²) in [5.74, 6) is 9.19. The fraction of sp³-hybridized carbons (Fsp3) is 0.600. The van der Waals surface area contributed by atoms with Crippen molar-refractivity contribution >= 4 is 23.5 Å². The Labute approximate surface area is 130 Å². The molecule has 112 valence electrons. The summed E-state index contributed by atoms with van der Waals surface area (Å²) in [6.45, 7) is 2.32. The molecule has 1 aromatic carbocycles. The Kier molecular flexibility index (Phi) is 6.55. The minimum atomic E-state index is 0.380. The summed E-state index contributed by atoms with van der Waals surface area (Å²) >= 11 is 4.13. The van der Waals surface area contributed by atoms with E-state index in [0.717, 1.165) is 18.6 Å². The summed E-state index contributed by atoms with van der Waals surface area (Å²) in [6.07, 6.45) is 2.12. The lowest BCUT2D eigenvalue weighted by atomic mass is 10.0. The van der Waals surface area contributed by atoms with Crippen LogP contribution in [0.5, 0.6) is 5.75 Å². The first-order valence-corrected chi connectivity index (χ1v) is 9.16. The van der Waals surface area contributed by atoms with Gasteiger partial charge in [-0.1, -0.05) is 19.1 Å². The molecule has 1 aliphatic heterocycles. The van der Waals surface area contributed by atoms with Gasteiger partial charge >= 0.3 is 0 Å². The molecular formula is C15H24N2OS2. The normalized spacial score (nSPS) is 24.4. The molecule has 5 heteroatoms. The van der Waals surface area contributed by atoms with E-state index in [4.69, 9.17) is 10.6 Å². The molecule has 2 rings (SSSR count). The average molecular weight is 313 g/mol. The molecule has 1 aliphatic rings. The van der Waals surface area contributed by atoms with Crippen molar-refractivity contribution in [3.8, 4) is 5.75 Å². The van der Waals surface area contributed by atoms with E-state index in [2.05, 4.69) is 48.0 Å². The molecule has 0 spiro atoms. The van der Waals surface area contributed by atoms with Gasteiger partial charge in [-0.2, -0.15) is 23.5 Å². The maximum absolute atomic E-state index is 5.78. The van der Waals surface area contributed by atoms with Gasteiger partial charge in [0.25, 0.3) is 0 Å². The zero-order valence-electron chi connectivity index (χ0n) is 12.2. The number of hydrazine groups is 1. The fourth-order valence-electron chi connectivity index (χ4n) is 2.55. The van der Waals surface area contributed by atoms with Gasteiger partial charge in [0.15, 0.2) is 0 Å². The van der Waals surface area contributed by atoms with Gasteiger partial charge in [-0.15, -0.1) is 0 Å². The van der Waals surface area contributed by atoms with Crippen LogP contribution in [0.3, 0.4) is 0 Å². The Balaban J connectivity index is 1.89. The molecule has 1 saturated heterocycles. The van der Waals surface area contributed by atoms with Crippen molar-refractivity contribution in [2.75, 3.05) is 18.6 Å². The molecule has 0 bridgehead atoms. The molecule has 1 aromatic rings. The lowest BCUT2D eigenvalue weighted by Crippen LogP contribution is -2.47. The minimum absolute atomic E-state index is 0.380. The quantitative estimate of drug-likeness (QED) is 0.625. The number of ether oxygens (including phenoxy) is 1. The van der Waals surface area contributed by atoms with E-state index in [1.807, 2.05) is 12.1 Å². The van der Waals surface area contributed by atoms with Crippen LogP contribution in [0.15, 0.2) is 24.3 Å². The van der Waals surface area contributed by atoms with E-state index in [9.17, 15) is 0 Å². The van der Waals surface area contributed by atoms with Gasteiger partial charge in [0.1, 0.15) is 5.75 Å². The first kappa shape index (κ1) is 16.0. The summed E-state index contributed by atoms with van der Waals surface area (Å²) < 4.78 is 5.19. The Bertz CT molecular complexity index is 399. The van der Waals surface area contributed by atoms with Gasteiger partial charge in [0.2, 0.25) is 0 Å². The molecule has 0 aromatic heterocycles. The Morgan fingerprint density at radius 1 is 1.30 bits per heavy atom. The molecule has 0 radical (unpaired) electrons. The van der Waals surface area contributed by atoms with Crippen LogP contribution in [0, 0.1) is 0 Å². The molecule has 1 heterocycles. The predicted molar refractivity (Wildman–Crippen MR) is 90.6 cm³/mol. The number of rotatable bonds is 6. The van der Waals surface area contributed by atoms with E-state index >= 15 is 0 Å². The van der Waals surface area contributed by atoms with Gasteiger partial charge in [0.05, 0.1) is 7.11 Å². The number of methoxy groups -OCH3 is 1. The molecule has 0 saturated carbocycles. The SMILES string of the molecule is COc1ccc(CCC(NN)C2SCCSC2C)cc1. The summed E-state index contributed by atoms with van der Waals surface area (Å²) in [4.78, 5) is 0. The molecule has 3 nitrogen and oxygen atoms in total. The van der Waals surface area contributed by atoms with Crippen LogP contribution in [0.2, 0.25) is 0 Å². The molecule has 0 amide bonds. The van der Waals surface area contributed by atoms with Crippen LogP contribution in [-0.4, -0.2) is 35.2 Å². The second-order valence-corrected chi connectivity index (χ2v) is 7.84. The minimum Gasteiger partial charge on any atom is -0.497 e. The summed E-state index contributed by atoms with van der Waals surface area (Å²) in [5, 5.41) is 1.28. The Morgan fingerprint density at radius 3 is 2.60 bits per heavy atom. The fourth-order valence-corrected chi connectivity index (χ4v) is 5.53. The number of hydrogen-bond acceptors (Lipinski definition) is 5. The topological polar surface area (TPSA) is 47.3 Å². The van der Waals surface area contributed by atoms with Gasteiger partial charge < -0.3 is 4.74 Å². The lowest BCUT2D eigenvalue weighted by Gasteiger charge is -2.34. The number of nitrogens with one attached hydrogen (secondary N) is 1. The van der Waals surface area contributed by atoms with Gasteiger partial charge in [-0.05, 0) is 30.5 Å². The van der Waals surface area contributed by atoms with Crippen LogP contribution in [0.25, 0.3) is 0 Å². The van der Waals surface area contributed by atoms with Crippen LogP contribution < -0.4 is 16.0 Å². The first-order chi connectivity index (χ1) is 9.74. The standard InChI is InChI=1S/C15H24N2OS2/c1-11-15(20-10-9-19-11)14(17-16)8-5-12-3-6-13(18-2)7-4-12/h3-4,6-7,11,14-15,17H,5,8-10,16H2,1-2H3. The highest BCUT2D eigenvalue weighted by Crippen LogP contribution is 2.34. The van der Waals surface area contributed by atoms with Crippen molar-refractivity contribution in [3.63, 3.8) is 0 Å². The molecule has 1 fully saturated rings. The third kappa shape index (κ3) is 4.32. The summed E-state index contributed by atoms with van der Waals surface area (Å²) in [5.41, 5.74) is 4.38. The van der Waals surface area contributed by atoms with E-state index < -0.39 is 0 Å². The van der Waals surface area contributed by atoms with Crippen molar-refractivity contribution in [1.82, 2.24) is 5.43 Å². The van der Waals surface area contributed by atoms with Crippen molar-refractivity contribution in [2.45, 2.75) is 36.3 Å². The highest BCUT2D eigenvalue weighted by Gasteiger charge is 2.29. The Morgan fingerprint density at radius 2 is 2.00 bits per heavy atom. The Hall–Kier alpha value is -0.360. The van der Waals surface area contributed by atoms with Gasteiger partial charge in [-0.25, -0.2) is 0 Å². The average Bonchev–Trinajstić information content (AvgIpc) is 2.50. The van der Waals surface area contributed by atoms with Crippen LogP contribution >= 0.6 is 23.5 Å². The van der Waals surface area contributed by atoms with E-state index in [0.29, 0.717) is 16.5 Å². The zero-order valence-corrected chi connectivity index (χ0v) is 13.8. The van der Waals surface area contributed by atoms with Crippen molar-refractivity contribution in [1.29, 1.82) is 0 Å². The largest absolute Gasteiger partial charge is 0.497 e. The monoisotopic (exact) mass is 312 g/mol. The van der Waals surface area contributed by atoms with Crippen LogP contribution in [0.4, 0.5) is 0 Å². The molecule has 20 heavy (non-hydrogen) atoms. The van der Waals surface area contributed by atoms with Crippen molar-refractivity contribution < 1.29 is 4.74 Å². The third-order valence-corrected chi connectivity index (χ3v) is 7.00. The lowest BCUT2D eigenvalue weighted by molar-refractivity contribution is 0.414. The van der Waals surface area contributed by atoms with Crippen molar-refractivity contribution in [2.24, 2.45) is 5.84 Å². The zero-order chi connectivity index (χ0) is 14.4. The van der Waals surface area contributed by atoms with E-state index in [-0.39, 0.29) is 0 Å². The summed E-state index contributed by atoms with van der Waals surface area (Å²) in [6, 6.07) is 8.70. The van der Waals surface area contributed by atoms with Gasteiger partial charge in [-0.3, -0.25) is 11.3 Å². The van der Waals surface area contributed by atoms with E-state index in [1.165, 1.54) is 17.1 Å². The maximum atomic E-state index is 5.78. The van der Waals surface area contributed by atoms with Crippen LogP contribution in [-0.2, 0) is 6.42 Å². The highest BCUT2D eigenvalue weighted by molar-refractivity contribution is 8.07. The molecule has 3 unspecified atom stereocenters. The number of nitrogens with two attached hydrogens (primary N) is 1. The molecule has 3 atom stereocenters. The number of hydrogen-bond donors (Lipinski definition) is 2. The molecule has 0 aliphatic carbocycles. The third-order valence-electron chi connectivity index (χ3n) is 3.75. The number of thioether (sulfide) groups is 2. The first-order valence-electron chi connectivity index (χ1n) is 7.07. The van der Waals surface area contributed by atoms with Gasteiger partial charge in [0, 0.05) is 28.0 Å². The smallest absolute Gasteiger partial charge is 0.118 e. The highest BCUT2D eigenvalue weighted by atomic mass is 32.2. The predicted octanol–water partition coefficient (Wildman–Crippen LogP) is 2.70. The second kappa shape index (κ2) is 8.17. The number of aryl methyl sites for hydroxylation is 1. The van der Waals surface area contributed by atoms with Crippen molar-refractivity contribution in [3.05, 3.63) is 29.8 Å². The van der Waals surface area contributed by atoms with Crippen LogP contribution in [0.1, 0.15) is 18.9 Å². The number of benzene rings is 1. The maximum Gasteiger partial charge on any atom is 0.118 e. The summed E-state index contributed by atoms with van der Waals surface area (Å²) in [7, 11) is 1.70. The second-order valence-electron chi connectivity index (χ2n) is 5.07.